The van der Waals surface area contributed by atoms with Gasteiger partial charge in [0.1, 0.15) is 10.3 Å². The van der Waals surface area contributed by atoms with Crippen molar-refractivity contribution in [1.29, 1.82) is 5.26 Å². The smallest absolute Gasteiger partial charge is 0.161 e. The third kappa shape index (κ3) is 2.01. The van der Waals surface area contributed by atoms with Gasteiger partial charge in [-0.15, -0.1) is 0 Å². The predicted octanol–water partition coefficient (Wildman–Crippen LogP) is 3.99. The van der Waals surface area contributed by atoms with Gasteiger partial charge in [-0.1, -0.05) is 23.5 Å². The molecule has 0 aliphatic carbocycles. The first kappa shape index (κ1) is 11.3. The third-order valence-electron chi connectivity index (χ3n) is 2.54. The second-order valence-electron chi connectivity index (χ2n) is 3.68. The summed E-state index contributed by atoms with van der Waals surface area (Å²) in [6.45, 7) is 0. The molecule has 0 saturated heterocycles. The van der Waals surface area contributed by atoms with E-state index >= 15 is 0 Å². The Morgan fingerprint density at radius 3 is 2.56 bits per heavy atom. The number of fused-ring (bicyclic) bond motifs is 1. The number of pyridine rings is 1. The number of rotatable bonds is 1. The van der Waals surface area contributed by atoms with Crippen LogP contribution in [0.3, 0.4) is 0 Å². The highest BCUT2D eigenvalue weighted by molar-refractivity contribution is 9.11. The average molecular weight is 316 g/mol. The van der Waals surface area contributed by atoms with Crippen LogP contribution in [0.2, 0.25) is 0 Å². The van der Waals surface area contributed by atoms with Crippen LogP contribution < -0.4 is 0 Å². The van der Waals surface area contributed by atoms with Crippen LogP contribution in [0.15, 0.2) is 40.3 Å². The Balaban J connectivity index is 2.10. The minimum absolute atomic E-state index is 0.653. The van der Waals surface area contributed by atoms with E-state index < -0.39 is 0 Å². The molecule has 0 N–H and O–H groups in total. The van der Waals surface area contributed by atoms with Gasteiger partial charge in [0.25, 0.3) is 0 Å². The molecule has 3 aromatic rings. The van der Waals surface area contributed by atoms with Crippen LogP contribution >= 0.6 is 27.3 Å². The third-order valence-corrected chi connectivity index (χ3v) is 3.96. The lowest BCUT2D eigenvalue weighted by Crippen LogP contribution is -1.83. The van der Waals surface area contributed by atoms with Crippen molar-refractivity contribution in [3.63, 3.8) is 0 Å². The van der Waals surface area contributed by atoms with Crippen LogP contribution in [0.25, 0.3) is 21.6 Å². The lowest BCUT2D eigenvalue weighted by molar-refractivity contribution is 1.38. The number of benzene rings is 1. The Labute approximate surface area is 116 Å². The molecular weight excluding hydrogens is 310 g/mol. The van der Waals surface area contributed by atoms with Crippen molar-refractivity contribution in [3.8, 4) is 17.3 Å². The largest absolute Gasteiger partial charge is 0.235 e. The van der Waals surface area contributed by atoms with E-state index in [1.807, 2.05) is 24.3 Å². The molecule has 0 spiro atoms. The molecule has 0 aliphatic heterocycles. The first-order valence-corrected chi connectivity index (χ1v) is 6.81. The number of aromatic nitrogens is 2. The van der Waals surface area contributed by atoms with Gasteiger partial charge in [0.2, 0.25) is 0 Å². The summed E-state index contributed by atoms with van der Waals surface area (Å²) in [6.07, 6.45) is 0. The van der Waals surface area contributed by atoms with Crippen LogP contribution in [-0.4, -0.2) is 9.97 Å². The molecule has 3 nitrogen and oxygen atoms in total. The first-order valence-electron chi connectivity index (χ1n) is 5.20. The van der Waals surface area contributed by atoms with Crippen molar-refractivity contribution in [2.24, 2.45) is 0 Å². The van der Waals surface area contributed by atoms with Crippen LogP contribution in [0.4, 0.5) is 0 Å². The topological polar surface area (TPSA) is 49.6 Å². The van der Waals surface area contributed by atoms with Gasteiger partial charge in [-0.3, -0.25) is 0 Å². The minimum Gasteiger partial charge on any atom is -0.235 e. The lowest BCUT2D eigenvalue weighted by atomic mass is 10.1. The number of nitrogens with zero attached hydrogens (tertiary/aromatic N) is 3. The number of hydrogen-bond acceptors (Lipinski definition) is 4. The Morgan fingerprint density at radius 2 is 1.83 bits per heavy atom. The van der Waals surface area contributed by atoms with E-state index in [0.717, 1.165) is 25.5 Å². The summed E-state index contributed by atoms with van der Waals surface area (Å²) in [5.41, 5.74) is 3.44. The molecule has 18 heavy (non-hydrogen) atoms. The molecule has 0 amide bonds. The van der Waals surface area contributed by atoms with Crippen molar-refractivity contribution < 1.29 is 0 Å². The number of thiazole rings is 1. The zero-order chi connectivity index (χ0) is 12.5. The maximum absolute atomic E-state index is 8.77. The second kappa shape index (κ2) is 4.48. The summed E-state index contributed by atoms with van der Waals surface area (Å²) in [6, 6.07) is 13.4. The molecule has 2 aromatic heterocycles. The van der Waals surface area contributed by atoms with Gasteiger partial charge in [0.15, 0.2) is 3.92 Å². The van der Waals surface area contributed by atoms with Crippen LogP contribution in [-0.2, 0) is 0 Å². The zero-order valence-corrected chi connectivity index (χ0v) is 11.5. The molecule has 0 unspecified atom stereocenters. The molecule has 0 atom stereocenters. The van der Waals surface area contributed by atoms with Gasteiger partial charge in [-0.25, -0.2) is 9.97 Å². The Kier molecular flexibility index (Phi) is 2.82. The minimum atomic E-state index is 0.653. The highest BCUT2D eigenvalue weighted by Crippen LogP contribution is 2.27. The Hall–Kier alpha value is -1.77. The van der Waals surface area contributed by atoms with Gasteiger partial charge >= 0.3 is 0 Å². The van der Waals surface area contributed by atoms with E-state index in [0.29, 0.717) is 5.56 Å². The van der Waals surface area contributed by atoms with E-state index in [1.165, 1.54) is 11.3 Å². The SMILES string of the molecule is N#Cc1ccc(-c2ccc3nc(Br)sc3n2)cc1. The first-order chi connectivity index (χ1) is 8.76. The highest BCUT2D eigenvalue weighted by Gasteiger charge is 2.05. The lowest BCUT2D eigenvalue weighted by Gasteiger charge is -2.00. The van der Waals surface area contributed by atoms with Gasteiger partial charge < -0.3 is 0 Å². The molecule has 2 heterocycles. The van der Waals surface area contributed by atoms with Crippen LogP contribution in [0, 0.1) is 11.3 Å². The van der Waals surface area contributed by atoms with E-state index in [-0.39, 0.29) is 0 Å². The highest BCUT2D eigenvalue weighted by atomic mass is 79.9. The van der Waals surface area contributed by atoms with Crippen molar-refractivity contribution >= 4 is 37.6 Å². The normalized spacial score (nSPS) is 10.4. The molecule has 5 heteroatoms. The fourth-order valence-corrected chi connectivity index (χ4v) is 2.98. The van der Waals surface area contributed by atoms with Crippen LogP contribution in [0.1, 0.15) is 5.56 Å². The Bertz CT molecular complexity index is 756. The molecule has 3 rings (SSSR count). The molecule has 0 radical (unpaired) electrons. The van der Waals surface area contributed by atoms with Crippen molar-refractivity contribution in [1.82, 2.24) is 9.97 Å². The summed E-state index contributed by atoms with van der Waals surface area (Å²) in [5.74, 6) is 0. The summed E-state index contributed by atoms with van der Waals surface area (Å²) in [5, 5.41) is 8.77. The van der Waals surface area contributed by atoms with E-state index in [1.54, 1.807) is 12.1 Å². The molecule has 86 valence electrons. The quantitative estimate of drug-likeness (QED) is 0.682. The van der Waals surface area contributed by atoms with Gasteiger partial charge in [0.05, 0.1) is 17.3 Å². The van der Waals surface area contributed by atoms with Gasteiger partial charge in [-0.2, -0.15) is 5.26 Å². The molecule has 0 aliphatic rings. The summed E-state index contributed by atoms with van der Waals surface area (Å²) in [7, 11) is 0. The van der Waals surface area contributed by atoms with Crippen molar-refractivity contribution in [2.45, 2.75) is 0 Å². The molecule has 0 fully saturated rings. The summed E-state index contributed by atoms with van der Waals surface area (Å²) < 4.78 is 0.835. The summed E-state index contributed by atoms with van der Waals surface area (Å²) in [4.78, 5) is 9.78. The number of halogens is 1. The van der Waals surface area contributed by atoms with E-state index in [9.17, 15) is 0 Å². The number of nitriles is 1. The van der Waals surface area contributed by atoms with Crippen LogP contribution in [0.5, 0.6) is 0 Å². The van der Waals surface area contributed by atoms with Gasteiger partial charge in [0, 0.05) is 5.56 Å². The fraction of sp³-hybridized carbons (Fsp3) is 0. The molecular formula is C13H6BrN3S. The molecule has 0 saturated carbocycles. The average Bonchev–Trinajstić information content (AvgIpc) is 2.78. The second-order valence-corrected chi connectivity index (χ2v) is 5.93. The Morgan fingerprint density at radius 1 is 1.06 bits per heavy atom. The van der Waals surface area contributed by atoms with Crippen molar-refractivity contribution in [2.75, 3.05) is 0 Å². The van der Waals surface area contributed by atoms with Crippen molar-refractivity contribution in [3.05, 3.63) is 45.9 Å². The van der Waals surface area contributed by atoms with E-state index in [2.05, 4.69) is 32.0 Å². The number of hydrogen-bond donors (Lipinski definition) is 0. The zero-order valence-electron chi connectivity index (χ0n) is 9.09. The van der Waals surface area contributed by atoms with Gasteiger partial charge in [-0.05, 0) is 40.2 Å². The maximum atomic E-state index is 8.77. The standard InChI is InChI=1S/C13H6BrN3S/c14-13-17-11-6-5-10(16-12(11)18-13)9-3-1-8(7-15)2-4-9/h1-6H. The summed E-state index contributed by atoms with van der Waals surface area (Å²) >= 11 is 4.87. The molecule has 0 bridgehead atoms. The maximum Gasteiger partial charge on any atom is 0.161 e. The fourth-order valence-electron chi connectivity index (χ4n) is 1.67. The molecule has 1 aromatic carbocycles. The monoisotopic (exact) mass is 315 g/mol. The predicted molar refractivity (Wildman–Crippen MR) is 75.3 cm³/mol. The van der Waals surface area contributed by atoms with E-state index in [4.69, 9.17) is 5.26 Å².